The molecule has 3 rings (SSSR count). The summed E-state index contributed by atoms with van der Waals surface area (Å²) in [6.07, 6.45) is -0.0457. The first-order chi connectivity index (χ1) is 12.1. The van der Waals surface area contributed by atoms with E-state index in [0.29, 0.717) is 40.9 Å². The highest BCUT2D eigenvalue weighted by atomic mass is 35.5. The molecule has 0 unspecified atom stereocenters. The van der Waals surface area contributed by atoms with Crippen molar-refractivity contribution in [2.75, 3.05) is 13.2 Å². The summed E-state index contributed by atoms with van der Waals surface area (Å²) in [6.45, 7) is 0.575. The molecular weight excluding hydrogens is 349 g/mol. The summed E-state index contributed by atoms with van der Waals surface area (Å²) in [5.41, 5.74) is 1.05. The van der Waals surface area contributed by atoms with Gasteiger partial charge in [0.2, 0.25) is 0 Å². The number of hydrogen-bond acceptors (Lipinski definition) is 5. The molecule has 1 heterocycles. The van der Waals surface area contributed by atoms with E-state index in [1.54, 1.807) is 12.1 Å². The number of halogens is 2. The second kappa shape index (κ2) is 7.41. The number of carbonyl (C=O) groups excluding carboxylic acids is 1. The van der Waals surface area contributed by atoms with Gasteiger partial charge in [-0.1, -0.05) is 11.6 Å². The molecule has 0 aromatic heterocycles. The summed E-state index contributed by atoms with van der Waals surface area (Å²) in [5, 5.41) is 9.19. The number of nitriles is 1. The number of carbonyl (C=O) groups is 1. The minimum atomic E-state index is -0.547. The summed E-state index contributed by atoms with van der Waals surface area (Å²) < 4.78 is 29.6. The molecule has 1 aliphatic rings. The Morgan fingerprint density at radius 1 is 1.28 bits per heavy atom. The van der Waals surface area contributed by atoms with Crippen molar-refractivity contribution in [3.63, 3.8) is 0 Å². The van der Waals surface area contributed by atoms with Gasteiger partial charge in [-0.3, -0.25) is 4.79 Å². The Kier molecular flexibility index (Phi) is 5.05. The van der Waals surface area contributed by atoms with Crippen molar-refractivity contribution in [2.45, 2.75) is 13.0 Å². The average molecular weight is 362 g/mol. The highest BCUT2D eigenvalue weighted by molar-refractivity contribution is 6.32. The fraction of sp³-hybridized carbons (Fsp3) is 0.222. The lowest BCUT2D eigenvalue weighted by Crippen LogP contribution is -2.16. The molecule has 0 bridgehead atoms. The average Bonchev–Trinajstić information content (AvgIpc) is 2.61. The van der Waals surface area contributed by atoms with Crippen LogP contribution in [0.5, 0.6) is 11.5 Å². The van der Waals surface area contributed by atoms with E-state index in [2.05, 4.69) is 0 Å². The van der Waals surface area contributed by atoms with Crippen LogP contribution in [0.25, 0.3) is 0 Å². The summed E-state index contributed by atoms with van der Waals surface area (Å²) in [6, 6.07) is 9.06. The number of rotatable bonds is 4. The molecule has 5 nitrogen and oxygen atoms in total. The van der Waals surface area contributed by atoms with E-state index in [4.69, 9.17) is 31.1 Å². The van der Waals surface area contributed by atoms with Crippen LogP contribution >= 0.6 is 11.6 Å². The van der Waals surface area contributed by atoms with E-state index in [1.165, 1.54) is 18.2 Å². The van der Waals surface area contributed by atoms with Crippen LogP contribution in [0.15, 0.2) is 30.3 Å². The van der Waals surface area contributed by atoms with Crippen LogP contribution in [0.3, 0.4) is 0 Å². The van der Waals surface area contributed by atoms with Crippen molar-refractivity contribution in [1.82, 2.24) is 0 Å². The quantitative estimate of drug-likeness (QED) is 0.781. The highest BCUT2D eigenvalue weighted by Gasteiger charge is 2.18. The van der Waals surface area contributed by atoms with Gasteiger partial charge in [0.1, 0.15) is 25.6 Å². The van der Waals surface area contributed by atoms with Crippen molar-refractivity contribution < 1.29 is 23.4 Å². The van der Waals surface area contributed by atoms with Gasteiger partial charge < -0.3 is 14.2 Å². The van der Waals surface area contributed by atoms with Gasteiger partial charge in [-0.25, -0.2) is 4.39 Å². The third kappa shape index (κ3) is 4.01. The zero-order valence-electron chi connectivity index (χ0n) is 13.1. The normalized spacial score (nSPS) is 12.4. The molecule has 0 atom stereocenters. The number of ether oxygens (including phenoxy) is 3. The third-order valence-electron chi connectivity index (χ3n) is 3.57. The van der Waals surface area contributed by atoms with Gasteiger partial charge in [-0.15, -0.1) is 0 Å². The Hall–Kier alpha value is -2.78. The van der Waals surface area contributed by atoms with Crippen LogP contribution in [0.4, 0.5) is 4.39 Å². The monoisotopic (exact) mass is 361 g/mol. The standard InChI is InChI=1S/C18H13ClFNO4/c19-14-6-12(7-16-18(14)24-4-3-23-16)8-17(22)25-10-13-5-11(9-21)1-2-15(13)20/h1-2,5-7H,3-4,8,10H2. The van der Waals surface area contributed by atoms with Gasteiger partial charge in [0.25, 0.3) is 0 Å². The largest absolute Gasteiger partial charge is 0.486 e. The van der Waals surface area contributed by atoms with Crippen LogP contribution in [-0.4, -0.2) is 19.2 Å². The summed E-state index contributed by atoms with van der Waals surface area (Å²) >= 11 is 6.12. The number of esters is 1. The van der Waals surface area contributed by atoms with Crippen molar-refractivity contribution in [1.29, 1.82) is 5.26 Å². The van der Waals surface area contributed by atoms with Gasteiger partial charge in [0.05, 0.1) is 23.1 Å². The topological polar surface area (TPSA) is 68.5 Å². The number of fused-ring (bicyclic) bond motifs is 1. The van der Waals surface area contributed by atoms with Crippen molar-refractivity contribution in [3.8, 4) is 17.6 Å². The van der Waals surface area contributed by atoms with Crippen LogP contribution in [0.1, 0.15) is 16.7 Å². The molecule has 2 aromatic rings. The second-order valence-electron chi connectivity index (χ2n) is 5.36. The first-order valence-corrected chi connectivity index (χ1v) is 7.87. The van der Waals surface area contributed by atoms with Gasteiger partial charge in [0, 0.05) is 5.56 Å². The lowest BCUT2D eigenvalue weighted by atomic mass is 10.1. The summed E-state index contributed by atoms with van der Waals surface area (Å²) in [7, 11) is 0. The van der Waals surface area contributed by atoms with Crippen molar-refractivity contribution in [3.05, 3.63) is 57.9 Å². The van der Waals surface area contributed by atoms with Gasteiger partial charge in [-0.2, -0.15) is 5.26 Å². The minimum absolute atomic E-state index is 0.0457. The first-order valence-electron chi connectivity index (χ1n) is 7.49. The zero-order valence-corrected chi connectivity index (χ0v) is 13.8. The van der Waals surface area contributed by atoms with E-state index in [1.807, 2.05) is 6.07 Å². The number of hydrogen-bond donors (Lipinski definition) is 0. The Bertz CT molecular complexity index is 863. The maximum atomic E-state index is 13.7. The molecule has 0 saturated carbocycles. The predicted molar refractivity (Wildman–Crippen MR) is 87.1 cm³/mol. The van der Waals surface area contributed by atoms with E-state index in [-0.39, 0.29) is 18.6 Å². The molecule has 0 aliphatic carbocycles. The maximum absolute atomic E-state index is 13.7. The molecule has 0 radical (unpaired) electrons. The predicted octanol–water partition coefficient (Wildman–Crippen LogP) is 3.41. The molecule has 7 heteroatoms. The molecule has 0 fully saturated rings. The van der Waals surface area contributed by atoms with Crippen LogP contribution < -0.4 is 9.47 Å². The zero-order chi connectivity index (χ0) is 17.8. The van der Waals surface area contributed by atoms with Crippen LogP contribution in [0.2, 0.25) is 5.02 Å². The third-order valence-corrected chi connectivity index (χ3v) is 3.85. The van der Waals surface area contributed by atoms with E-state index < -0.39 is 11.8 Å². The second-order valence-corrected chi connectivity index (χ2v) is 5.76. The Labute approximate surface area is 148 Å². The number of benzene rings is 2. The Morgan fingerprint density at radius 3 is 2.88 bits per heavy atom. The fourth-order valence-corrected chi connectivity index (χ4v) is 2.68. The van der Waals surface area contributed by atoms with E-state index in [9.17, 15) is 9.18 Å². The molecule has 2 aromatic carbocycles. The van der Waals surface area contributed by atoms with Gasteiger partial charge >= 0.3 is 5.97 Å². The maximum Gasteiger partial charge on any atom is 0.310 e. The highest BCUT2D eigenvalue weighted by Crippen LogP contribution is 2.38. The molecule has 25 heavy (non-hydrogen) atoms. The van der Waals surface area contributed by atoms with Crippen LogP contribution in [0, 0.1) is 17.1 Å². The molecule has 0 spiro atoms. The lowest BCUT2D eigenvalue weighted by Gasteiger charge is -2.20. The molecular formula is C18H13ClFNO4. The van der Waals surface area contributed by atoms with Gasteiger partial charge in [0.15, 0.2) is 11.5 Å². The van der Waals surface area contributed by atoms with E-state index >= 15 is 0 Å². The van der Waals surface area contributed by atoms with Crippen molar-refractivity contribution in [2.24, 2.45) is 0 Å². The molecule has 0 saturated heterocycles. The van der Waals surface area contributed by atoms with E-state index in [0.717, 1.165) is 0 Å². The Morgan fingerprint density at radius 2 is 2.08 bits per heavy atom. The summed E-state index contributed by atoms with van der Waals surface area (Å²) in [5.74, 6) is -0.140. The Balaban J connectivity index is 1.65. The lowest BCUT2D eigenvalue weighted by molar-refractivity contribution is -0.144. The van der Waals surface area contributed by atoms with Gasteiger partial charge in [-0.05, 0) is 35.9 Å². The molecule has 0 N–H and O–H groups in total. The minimum Gasteiger partial charge on any atom is -0.486 e. The number of nitrogens with zero attached hydrogens (tertiary/aromatic N) is 1. The SMILES string of the molecule is N#Cc1ccc(F)c(COC(=O)Cc2cc(Cl)c3c(c2)OCCO3)c1. The summed E-state index contributed by atoms with van der Waals surface area (Å²) in [4.78, 5) is 12.0. The first kappa shape index (κ1) is 17.1. The molecule has 1 aliphatic heterocycles. The fourth-order valence-electron chi connectivity index (χ4n) is 2.40. The van der Waals surface area contributed by atoms with Crippen LogP contribution in [-0.2, 0) is 22.6 Å². The van der Waals surface area contributed by atoms with Crippen molar-refractivity contribution >= 4 is 17.6 Å². The molecule has 128 valence electrons. The molecule has 0 amide bonds. The smallest absolute Gasteiger partial charge is 0.310 e.